The van der Waals surface area contributed by atoms with Gasteiger partial charge in [-0.2, -0.15) is 0 Å². The van der Waals surface area contributed by atoms with Crippen LogP contribution in [0, 0.1) is 0 Å². The number of carbonyl (C=O) groups excluding carboxylic acids is 1. The zero-order chi connectivity index (χ0) is 10.6. The van der Waals surface area contributed by atoms with Crippen LogP contribution in [-0.4, -0.2) is 12.5 Å². The summed E-state index contributed by atoms with van der Waals surface area (Å²) in [6, 6.07) is 7.40. The predicted molar refractivity (Wildman–Crippen MR) is 56.7 cm³/mol. The molecular formula is C10H15N3O. The molecule has 14 heavy (non-hydrogen) atoms. The molecule has 4 nitrogen and oxygen atoms in total. The average Bonchev–Trinajstić information content (AvgIpc) is 2.18. The van der Waals surface area contributed by atoms with Gasteiger partial charge in [-0.1, -0.05) is 12.1 Å². The van der Waals surface area contributed by atoms with Crippen molar-refractivity contribution < 1.29 is 4.79 Å². The van der Waals surface area contributed by atoms with E-state index in [1.165, 1.54) is 0 Å². The number of carbonyl (C=O) groups is 1. The van der Waals surface area contributed by atoms with Gasteiger partial charge in [-0.05, 0) is 24.6 Å². The van der Waals surface area contributed by atoms with Crippen molar-refractivity contribution in [1.29, 1.82) is 0 Å². The number of benzene rings is 1. The van der Waals surface area contributed by atoms with E-state index in [4.69, 9.17) is 11.5 Å². The van der Waals surface area contributed by atoms with Crippen molar-refractivity contribution in [3.05, 3.63) is 29.8 Å². The Morgan fingerprint density at radius 3 is 2.43 bits per heavy atom. The average molecular weight is 193 g/mol. The second kappa shape index (κ2) is 4.74. The third-order valence-electron chi connectivity index (χ3n) is 1.91. The highest BCUT2D eigenvalue weighted by Crippen LogP contribution is 2.13. The molecule has 0 saturated carbocycles. The molecule has 0 spiro atoms. The second-order valence-electron chi connectivity index (χ2n) is 3.16. The van der Waals surface area contributed by atoms with Crippen LogP contribution in [0.2, 0.25) is 0 Å². The number of hydrogen-bond donors (Lipinski definition) is 3. The summed E-state index contributed by atoms with van der Waals surface area (Å²) < 4.78 is 0. The van der Waals surface area contributed by atoms with E-state index < -0.39 is 0 Å². The number of nitrogens with two attached hydrogens (primary N) is 2. The zero-order valence-corrected chi connectivity index (χ0v) is 8.16. The minimum Gasteiger partial charge on any atom is -0.325 e. The Morgan fingerprint density at radius 2 is 2.00 bits per heavy atom. The van der Waals surface area contributed by atoms with Gasteiger partial charge in [0, 0.05) is 11.7 Å². The van der Waals surface area contributed by atoms with E-state index >= 15 is 0 Å². The summed E-state index contributed by atoms with van der Waals surface area (Å²) in [4.78, 5) is 10.9. The van der Waals surface area contributed by atoms with E-state index in [0.717, 1.165) is 11.3 Å². The molecule has 1 rings (SSSR count). The molecule has 0 heterocycles. The Kier molecular flexibility index (Phi) is 3.62. The van der Waals surface area contributed by atoms with E-state index in [1.54, 1.807) is 0 Å². The van der Waals surface area contributed by atoms with Crippen LogP contribution in [-0.2, 0) is 4.79 Å². The number of rotatable bonds is 3. The van der Waals surface area contributed by atoms with Crippen molar-refractivity contribution in [3.8, 4) is 0 Å². The Bertz CT molecular complexity index is 306. The first kappa shape index (κ1) is 10.7. The fourth-order valence-corrected chi connectivity index (χ4v) is 1.08. The lowest BCUT2D eigenvalue weighted by atomic mass is 10.1. The second-order valence-corrected chi connectivity index (χ2v) is 3.16. The van der Waals surface area contributed by atoms with Gasteiger partial charge < -0.3 is 16.8 Å². The molecule has 0 aliphatic carbocycles. The standard InChI is InChI=1S/C10H15N3O/c1-7(12)8-2-4-9(5-3-8)13-10(14)6-11/h2-5,7H,6,11-12H2,1H3,(H,13,14). The SMILES string of the molecule is CC(N)c1ccc(NC(=O)CN)cc1. The van der Waals surface area contributed by atoms with Gasteiger partial charge in [0.25, 0.3) is 0 Å². The monoisotopic (exact) mass is 193 g/mol. The van der Waals surface area contributed by atoms with Crippen molar-refractivity contribution in [2.24, 2.45) is 11.5 Å². The predicted octanol–water partition coefficient (Wildman–Crippen LogP) is 0.603. The molecular weight excluding hydrogens is 178 g/mol. The quantitative estimate of drug-likeness (QED) is 0.657. The Morgan fingerprint density at radius 1 is 1.43 bits per heavy atom. The van der Waals surface area contributed by atoms with E-state index in [9.17, 15) is 4.79 Å². The Labute approximate surface area is 83.3 Å². The van der Waals surface area contributed by atoms with Gasteiger partial charge in [0.15, 0.2) is 0 Å². The maximum atomic E-state index is 10.9. The first-order chi connectivity index (χ1) is 6.63. The first-order valence-corrected chi connectivity index (χ1v) is 4.49. The van der Waals surface area contributed by atoms with Gasteiger partial charge >= 0.3 is 0 Å². The highest BCUT2D eigenvalue weighted by atomic mass is 16.1. The molecule has 0 aliphatic rings. The van der Waals surface area contributed by atoms with Crippen molar-refractivity contribution in [1.82, 2.24) is 0 Å². The molecule has 1 unspecified atom stereocenters. The molecule has 0 saturated heterocycles. The third-order valence-corrected chi connectivity index (χ3v) is 1.91. The van der Waals surface area contributed by atoms with Gasteiger partial charge in [-0.25, -0.2) is 0 Å². The summed E-state index contributed by atoms with van der Waals surface area (Å²) in [5.41, 5.74) is 12.6. The minimum atomic E-state index is -0.196. The fraction of sp³-hybridized carbons (Fsp3) is 0.300. The van der Waals surface area contributed by atoms with Gasteiger partial charge in [0.2, 0.25) is 5.91 Å². The van der Waals surface area contributed by atoms with E-state index in [2.05, 4.69) is 5.32 Å². The molecule has 1 aromatic rings. The molecule has 0 radical (unpaired) electrons. The zero-order valence-electron chi connectivity index (χ0n) is 8.16. The van der Waals surface area contributed by atoms with Crippen LogP contribution in [0.1, 0.15) is 18.5 Å². The van der Waals surface area contributed by atoms with Crippen LogP contribution >= 0.6 is 0 Å². The molecule has 0 aliphatic heterocycles. The molecule has 5 N–H and O–H groups in total. The summed E-state index contributed by atoms with van der Waals surface area (Å²) >= 11 is 0. The molecule has 0 aromatic heterocycles. The van der Waals surface area contributed by atoms with Crippen LogP contribution in [0.4, 0.5) is 5.69 Å². The number of amides is 1. The van der Waals surface area contributed by atoms with Crippen LogP contribution in [0.3, 0.4) is 0 Å². The first-order valence-electron chi connectivity index (χ1n) is 4.49. The van der Waals surface area contributed by atoms with Gasteiger partial charge in [0.05, 0.1) is 6.54 Å². The van der Waals surface area contributed by atoms with Crippen molar-refractivity contribution in [3.63, 3.8) is 0 Å². The van der Waals surface area contributed by atoms with Crippen LogP contribution in [0.15, 0.2) is 24.3 Å². The summed E-state index contributed by atoms with van der Waals surface area (Å²) in [7, 11) is 0. The summed E-state index contributed by atoms with van der Waals surface area (Å²) in [6.07, 6.45) is 0. The molecule has 1 aromatic carbocycles. The summed E-state index contributed by atoms with van der Waals surface area (Å²) in [5, 5.41) is 2.65. The topological polar surface area (TPSA) is 81.1 Å². The molecule has 0 fully saturated rings. The van der Waals surface area contributed by atoms with Crippen molar-refractivity contribution >= 4 is 11.6 Å². The molecule has 4 heteroatoms. The van der Waals surface area contributed by atoms with Crippen LogP contribution in [0.25, 0.3) is 0 Å². The van der Waals surface area contributed by atoms with E-state index in [-0.39, 0.29) is 18.5 Å². The van der Waals surface area contributed by atoms with Crippen molar-refractivity contribution in [2.75, 3.05) is 11.9 Å². The Balaban J connectivity index is 2.69. The smallest absolute Gasteiger partial charge is 0.238 e. The minimum absolute atomic E-state index is 0.00492. The van der Waals surface area contributed by atoms with E-state index in [0.29, 0.717) is 0 Å². The largest absolute Gasteiger partial charge is 0.325 e. The Hall–Kier alpha value is -1.39. The maximum Gasteiger partial charge on any atom is 0.238 e. The number of hydrogen-bond acceptors (Lipinski definition) is 3. The van der Waals surface area contributed by atoms with Crippen LogP contribution in [0.5, 0.6) is 0 Å². The summed E-state index contributed by atoms with van der Waals surface area (Å²) in [6.45, 7) is 1.91. The highest BCUT2D eigenvalue weighted by molar-refractivity contribution is 5.92. The van der Waals surface area contributed by atoms with Gasteiger partial charge in [-0.15, -0.1) is 0 Å². The van der Waals surface area contributed by atoms with Gasteiger partial charge in [-0.3, -0.25) is 4.79 Å². The van der Waals surface area contributed by atoms with Gasteiger partial charge in [0.1, 0.15) is 0 Å². The van der Waals surface area contributed by atoms with E-state index in [1.807, 2.05) is 31.2 Å². The molecule has 1 atom stereocenters. The summed E-state index contributed by atoms with van der Waals surface area (Å²) in [5.74, 6) is -0.196. The normalized spacial score (nSPS) is 12.2. The highest BCUT2D eigenvalue weighted by Gasteiger charge is 2.01. The lowest BCUT2D eigenvalue weighted by Crippen LogP contribution is -2.21. The fourth-order valence-electron chi connectivity index (χ4n) is 1.08. The lowest BCUT2D eigenvalue weighted by molar-refractivity contribution is -0.114. The lowest BCUT2D eigenvalue weighted by Gasteiger charge is -2.07. The number of nitrogens with one attached hydrogen (secondary N) is 1. The molecule has 76 valence electrons. The molecule has 0 bridgehead atoms. The molecule has 1 amide bonds. The number of anilines is 1. The van der Waals surface area contributed by atoms with Crippen molar-refractivity contribution in [2.45, 2.75) is 13.0 Å². The third kappa shape index (κ3) is 2.83. The maximum absolute atomic E-state index is 10.9. The van der Waals surface area contributed by atoms with Crippen LogP contribution < -0.4 is 16.8 Å².